The highest BCUT2D eigenvalue weighted by atomic mass is 127. The average molecular weight is 418 g/mol. The molecule has 0 N–H and O–H groups in total. The van der Waals surface area contributed by atoms with Crippen molar-refractivity contribution in [1.29, 1.82) is 0 Å². The van der Waals surface area contributed by atoms with Crippen molar-refractivity contribution in [1.82, 2.24) is 4.90 Å². The predicted molar refractivity (Wildman–Crippen MR) is 91.1 cm³/mol. The van der Waals surface area contributed by atoms with Gasteiger partial charge in [-0.15, -0.1) is 0 Å². The van der Waals surface area contributed by atoms with Crippen LogP contribution in [0.3, 0.4) is 0 Å². The van der Waals surface area contributed by atoms with Gasteiger partial charge in [0.25, 0.3) is 5.91 Å². The highest BCUT2D eigenvalue weighted by Crippen LogP contribution is 2.24. The number of halogens is 3. The number of hydrogen-bond donors (Lipinski definition) is 0. The van der Waals surface area contributed by atoms with Gasteiger partial charge >= 0.3 is 0 Å². The molecule has 21 heavy (non-hydrogen) atoms. The minimum Gasteiger partial charge on any atom is -0.335 e. The molecule has 0 saturated heterocycles. The first kappa shape index (κ1) is 16.2. The Morgan fingerprint density at radius 2 is 1.86 bits per heavy atom. The zero-order chi connectivity index (χ0) is 15.6. The van der Waals surface area contributed by atoms with Crippen molar-refractivity contribution >= 4 is 40.1 Å². The minimum absolute atomic E-state index is 0.120. The lowest BCUT2D eigenvalue weighted by Crippen LogP contribution is -2.29. The molecule has 2 nitrogen and oxygen atoms in total. The van der Waals surface area contributed by atoms with Gasteiger partial charge < -0.3 is 4.90 Å². The monoisotopic (exact) mass is 417 g/mol. The first-order chi connectivity index (χ1) is 9.90. The van der Waals surface area contributed by atoms with E-state index in [-0.39, 0.29) is 17.8 Å². The van der Waals surface area contributed by atoms with Crippen LogP contribution in [-0.4, -0.2) is 17.9 Å². The Morgan fingerprint density at radius 1 is 1.24 bits per heavy atom. The van der Waals surface area contributed by atoms with Crippen LogP contribution < -0.4 is 0 Å². The molecule has 2 aromatic carbocycles. The lowest BCUT2D eigenvalue weighted by molar-refractivity contribution is 0.0742. The summed E-state index contributed by atoms with van der Waals surface area (Å²) in [5, 5.41) is 0.560. The summed E-state index contributed by atoms with van der Waals surface area (Å²) in [6.45, 7) is 1.90. The number of nitrogens with zero attached hydrogens (tertiary/aromatic N) is 1. The highest BCUT2D eigenvalue weighted by molar-refractivity contribution is 14.1. The molecule has 0 heterocycles. The van der Waals surface area contributed by atoms with Crippen LogP contribution in [0.1, 0.15) is 28.9 Å². The van der Waals surface area contributed by atoms with E-state index in [1.165, 1.54) is 12.1 Å². The Balaban J connectivity index is 2.21. The number of carbonyl (C=O) groups is 1. The van der Waals surface area contributed by atoms with Crippen LogP contribution in [0.25, 0.3) is 0 Å². The van der Waals surface area contributed by atoms with E-state index in [0.29, 0.717) is 10.6 Å². The van der Waals surface area contributed by atoms with Gasteiger partial charge in [0, 0.05) is 16.2 Å². The van der Waals surface area contributed by atoms with Gasteiger partial charge in [-0.25, -0.2) is 4.39 Å². The minimum atomic E-state index is -0.288. The van der Waals surface area contributed by atoms with E-state index in [4.69, 9.17) is 11.6 Å². The first-order valence-corrected chi connectivity index (χ1v) is 7.83. The third kappa shape index (κ3) is 3.74. The molecule has 0 aliphatic rings. The Labute approximate surface area is 142 Å². The second-order valence-electron chi connectivity index (χ2n) is 4.77. The molecule has 1 unspecified atom stereocenters. The Hall–Kier alpha value is -1.14. The summed E-state index contributed by atoms with van der Waals surface area (Å²) in [5.41, 5.74) is 1.42. The molecule has 1 amide bonds. The van der Waals surface area contributed by atoms with Gasteiger partial charge in [0.1, 0.15) is 5.82 Å². The van der Waals surface area contributed by atoms with Crippen LogP contribution in [0.5, 0.6) is 0 Å². The van der Waals surface area contributed by atoms with Crippen molar-refractivity contribution in [2.24, 2.45) is 0 Å². The molecule has 0 aliphatic heterocycles. The standard InChI is InChI=1S/C16H14ClFINO/c1-10(11-3-6-13(18)7-4-11)20(2)16(21)12-5-8-15(19)14(17)9-12/h3-10H,1-2H3. The third-order valence-corrected chi connectivity index (χ3v) is 4.99. The van der Waals surface area contributed by atoms with Gasteiger partial charge in [0.2, 0.25) is 0 Å². The van der Waals surface area contributed by atoms with Crippen molar-refractivity contribution in [3.63, 3.8) is 0 Å². The molecule has 0 fully saturated rings. The molecule has 0 aromatic heterocycles. The van der Waals surface area contributed by atoms with Crippen LogP contribution in [0.2, 0.25) is 5.02 Å². The number of rotatable bonds is 3. The van der Waals surface area contributed by atoms with E-state index < -0.39 is 0 Å². The summed E-state index contributed by atoms with van der Waals surface area (Å²) in [6, 6.07) is 11.2. The average Bonchev–Trinajstić information content (AvgIpc) is 2.48. The van der Waals surface area contributed by atoms with Crippen molar-refractivity contribution < 1.29 is 9.18 Å². The third-order valence-electron chi connectivity index (χ3n) is 3.42. The molecule has 5 heteroatoms. The molecule has 110 valence electrons. The van der Waals surface area contributed by atoms with E-state index >= 15 is 0 Å². The van der Waals surface area contributed by atoms with Gasteiger partial charge in [-0.05, 0) is 65.4 Å². The molecule has 0 bridgehead atoms. The van der Waals surface area contributed by atoms with E-state index in [2.05, 4.69) is 22.6 Å². The number of benzene rings is 2. The maximum atomic E-state index is 13.0. The Kier molecular flexibility index (Phi) is 5.22. The maximum Gasteiger partial charge on any atom is 0.254 e. The largest absolute Gasteiger partial charge is 0.335 e. The lowest BCUT2D eigenvalue weighted by atomic mass is 10.1. The molecule has 0 radical (unpaired) electrons. The molecule has 0 spiro atoms. The zero-order valence-corrected chi connectivity index (χ0v) is 14.5. The first-order valence-electron chi connectivity index (χ1n) is 6.38. The Bertz CT molecular complexity index is 660. The summed E-state index contributed by atoms with van der Waals surface area (Å²) < 4.78 is 13.9. The zero-order valence-electron chi connectivity index (χ0n) is 11.6. The molecular formula is C16H14ClFINO. The van der Waals surface area contributed by atoms with Crippen LogP contribution in [0.4, 0.5) is 4.39 Å². The molecule has 0 aliphatic carbocycles. The SMILES string of the molecule is CC(c1ccc(F)cc1)N(C)C(=O)c1ccc(I)c(Cl)c1. The molecule has 0 saturated carbocycles. The fraction of sp³-hybridized carbons (Fsp3) is 0.188. The van der Waals surface area contributed by atoms with Crippen molar-refractivity contribution in [2.45, 2.75) is 13.0 Å². The van der Waals surface area contributed by atoms with Crippen LogP contribution >= 0.6 is 34.2 Å². The van der Waals surface area contributed by atoms with Gasteiger partial charge in [0.05, 0.1) is 11.1 Å². The van der Waals surface area contributed by atoms with Gasteiger partial charge in [-0.2, -0.15) is 0 Å². The topological polar surface area (TPSA) is 20.3 Å². The van der Waals surface area contributed by atoms with E-state index in [0.717, 1.165) is 9.13 Å². The van der Waals surface area contributed by atoms with E-state index in [1.807, 2.05) is 13.0 Å². The summed E-state index contributed by atoms with van der Waals surface area (Å²) >= 11 is 8.17. The van der Waals surface area contributed by atoms with E-state index in [9.17, 15) is 9.18 Å². The normalized spacial score (nSPS) is 12.0. The van der Waals surface area contributed by atoms with Crippen molar-refractivity contribution in [3.8, 4) is 0 Å². The molecular weight excluding hydrogens is 404 g/mol. The van der Waals surface area contributed by atoms with E-state index in [1.54, 1.807) is 36.2 Å². The smallest absolute Gasteiger partial charge is 0.254 e. The molecule has 2 rings (SSSR count). The quantitative estimate of drug-likeness (QED) is 0.649. The molecule has 2 aromatic rings. The second kappa shape index (κ2) is 6.75. The summed E-state index contributed by atoms with van der Waals surface area (Å²) in [7, 11) is 1.72. The fourth-order valence-corrected chi connectivity index (χ4v) is 2.49. The number of hydrogen-bond acceptors (Lipinski definition) is 1. The summed E-state index contributed by atoms with van der Waals surface area (Å²) in [5.74, 6) is -0.408. The Morgan fingerprint density at radius 3 is 2.43 bits per heavy atom. The summed E-state index contributed by atoms with van der Waals surface area (Å²) in [4.78, 5) is 14.1. The predicted octanol–water partition coefficient (Wildman–Crippen LogP) is 4.92. The number of carbonyl (C=O) groups excluding carboxylic acids is 1. The van der Waals surface area contributed by atoms with Gasteiger partial charge in [0.15, 0.2) is 0 Å². The lowest BCUT2D eigenvalue weighted by Gasteiger charge is -2.25. The van der Waals surface area contributed by atoms with Crippen molar-refractivity contribution in [3.05, 3.63) is 68.0 Å². The van der Waals surface area contributed by atoms with Crippen LogP contribution in [-0.2, 0) is 0 Å². The maximum absolute atomic E-state index is 13.0. The van der Waals surface area contributed by atoms with Gasteiger partial charge in [-0.1, -0.05) is 23.7 Å². The second-order valence-corrected chi connectivity index (χ2v) is 6.34. The van der Waals surface area contributed by atoms with Crippen LogP contribution in [0.15, 0.2) is 42.5 Å². The van der Waals surface area contributed by atoms with Crippen LogP contribution in [0, 0.1) is 9.39 Å². The molecule has 1 atom stereocenters. The van der Waals surface area contributed by atoms with Gasteiger partial charge in [-0.3, -0.25) is 4.79 Å². The highest BCUT2D eigenvalue weighted by Gasteiger charge is 2.19. The fourth-order valence-electron chi connectivity index (χ4n) is 1.97. The summed E-state index contributed by atoms with van der Waals surface area (Å²) in [6.07, 6.45) is 0. The van der Waals surface area contributed by atoms with Crippen molar-refractivity contribution in [2.75, 3.05) is 7.05 Å². The number of amides is 1.